The molecule has 0 aliphatic heterocycles. The van der Waals surface area contributed by atoms with Crippen LogP contribution in [0, 0.1) is 6.92 Å². The molecule has 0 aliphatic carbocycles. The minimum Gasteiger partial charge on any atom is -0.497 e. The number of methoxy groups -OCH3 is 1. The van der Waals surface area contributed by atoms with Gasteiger partial charge in [0, 0.05) is 18.9 Å². The molecule has 0 fully saturated rings. The maximum absolute atomic E-state index is 11.5. The second-order valence-corrected chi connectivity index (χ2v) is 4.73. The van der Waals surface area contributed by atoms with E-state index < -0.39 is 12.0 Å². The van der Waals surface area contributed by atoms with Crippen LogP contribution in [0.2, 0.25) is 0 Å². The highest BCUT2D eigenvalue weighted by molar-refractivity contribution is 5.75. The summed E-state index contributed by atoms with van der Waals surface area (Å²) in [6, 6.07) is 8.14. The van der Waals surface area contributed by atoms with E-state index >= 15 is 0 Å². The largest absolute Gasteiger partial charge is 0.497 e. The van der Waals surface area contributed by atoms with Crippen LogP contribution in [0.15, 0.2) is 42.7 Å². The van der Waals surface area contributed by atoms with E-state index in [4.69, 9.17) is 4.74 Å². The van der Waals surface area contributed by atoms with Gasteiger partial charge in [-0.05, 0) is 41.8 Å². The number of nitrogens with zero attached hydrogens (tertiary/aromatic N) is 1. The Balaban J connectivity index is 2.12. The van der Waals surface area contributed by atoms with Gasteiger partial charge in [-0.2, -0.15) is 0 Å². The van der Waals surface area contributed by atoms with Crippen LogP contribution in [-0.2, 0) is 11.3 Å². The number of aromatic nitrogens is 1. The summed E-state index contributed by atoms with van der Waals surface area (Å²) in [6.07, 6.45) is 3.46. The second-order valence-electron chi connectivity index (χ2n) is 4.73. The molecule has 0 saturated heterocycles. The van der Waals surface area contributed by atoms with Crippen molar-refractivity contribution in [1.82, 2.24) is 10.3 Å². The number of carbonyl (C=O) groups is 1. The molecule has 0 saturated carbocycles. The zero-order valence-electron chi connectivity index (χ0n) is 12.0. The van der Waals surface area contributed by atoms with Gasteiger partial charge in [0.15, 0.2) is 0 Å². The molecule has 1 unspecified atom stereocenters. The molecule has 1 aromatic carbocycles. The fraction of sp³-hybridized carbons (Fsp3) is 0.250. The van der Waals surface area contributed by atoms with E-state index in [1.807, 2.05) is 13.0 Å². The van der Waals surface area contributed by atoms with Gasteiger partial charge in [0.1, 0.15) is 11.8 Å². The molecule has 110 valence electrons. The first-order valence-electron chi connectivity index (χ1n) is 6.61. The van der Waals surface area contributed by atoms with E-state index in [9.17, 15) is 9.90 Å². The SMILES string of the molecule is COc1ccc(C(NCc2cnccc2C)C(=O)O)cc1. The number of ether oxygens (including phenoxy) is 1. The summed E-state index contributed by atoms with van der Waals surface area (Å²) < 4.78 is 5.08. The van der Waals surface area contributed by atoms with E-state index in [0.717, 1.165) is 11.1 Å². The topological polar surface area (TPSA) is 71.5 Å². The fourth-order valence-corrected chi connectivity index (χ4v) is 2.04. The zero-order chi connectivity index (χ0) is 15.2. The molecular formula is C16H18N2O3. The molecule has 2 N–H and O–H groups in total. The molecule has 2 aromatic rings. The highest BCUT2D eigenvalue weighted by Crippen LogP contribution is 2.19. The number of hydrogen-bond donors (Lipinski definition) is 2. The smallest absolute Gasteiger partial charge is 0.325 e. The number of aryl methyl sites for hydroxylation is 1. The molecule has 0 bridgehead atoms. The molecule has 5 heteroatoms. The predicted molar refractivity (Wildman–Crippen MR) is 79.2 cm³/mol. The molecule has 0 spiro atoms. The average Bonchev–Trinajstić information content (AvgIpc) is 2.49. The van der Waals surface area contributed by atoms with Gasteiger partial charge in [-0.1, -0.05) is 12.1 Å². The summed E-state index contributed by atoms with van der Waals surface area (Å²) in [5.41, 5.74) is 2.75. The maximum atomic E-state index is 11.5. The Morgan fingerprint density at radius 2 is 2.05 bits per heavy atom. The van der Waals surface area contributed by atoms with Crippen molar-refractivity contribution in [2.45, 2.75) is 19.5 Å². The number of pyridine rings is 1. The number of nitrogens with one attached hydrogen (secondary N) is 1. The predicted octanol–water partition coefficient (Wildman–Crippen LogP) is 2.31. The molecule has 1 heterocycles. The van der Waals surface area contributed by atoms with Gasteiger partial charge in [0.05, 0.1) is 7.11 Å². The number of benzene rings is 1. The quantitative estimate of drug-likeness (QED) is 0.852. The molecule has 5 nitrogen and oxygen atoms in total. The van der Waals surface area contributed by atoms with Gasteiger partial charge < -0.3 is 9.84 Å². The van der Waals surface area contributed by atoms with E-state index in [-0.39, 0.29) is 0 Å². The van der Waals surface area contributed by atoms with Crippen molar-refractivity contribution in [3.63, 3.8) is 0 Å². The van der Waals surface area contributed by atoms with Gasteiger partial charge in [-0.25, -0.2) is 0 Å². The molecule has 21 heavy (non-hydrogen) atoms. The Morgan fingerprint density at radius 1 is 1.33 bits per heavy atom. The van der Waals surface area contributed by atoms with Gasteiger partial charge in [0.2, 0.25) is 0 Å². The van der Waals surface area contributed by atoms with Crippen molar-refractivity contribution in [2.75, 3.05) is 7.11 Å². The molecular weight excluding hydrogens is 268 g/mol. The van der Waals surface area contributed by atoms with Crippen LogP contribution in [0.1, 0.15) is 22.7 Å². The van der Waals surface area contributed by atoms with Gasteiger partial charge in [-0.15, -0.1) is 0 Å². The summed E-state index contributed by atoms with van der Waals surface area (Å²) in [4.78, 5) is 15.5. The summed E-state index contributed by atoms with van der Waals surface area (Å²) in [6.45, 7) is 2.42. The van der Waals surface area contributed by atoms with E-state index in [1.165, 1.54) is 0 Å². The van der Waals surface area contributed by atoms with Crippen molar-refractivity contribution in [3.05, 3.63) is 59.4 Å². The summed E-state index contributed by atoms with van der Waals surface area (Å²) >= 11 is 0. The van der Waals surface area contributed by atoms with Crippen LogP contribution in [0.4, 0.5) is 0 Å². The van der Waals surface area contributed by atoms with E-state index in [2.05, 4.69) is 10.3 Å². The van der Waals surface area contributed by atoms with Crippen LogP contribution in [0.3, 0.4) is 0 Å². The number of aliphatic carboxylic acids is 1. The lowest BCUT2D eigenvalue weighted by atomic mass is 10.1. The standard InChI is InChI=1S/C16H18N2O3/c1-11-7-8-17-9-13(11)10-18-15(16(19)20)12-3-5-14(21-2)6-4-12/h3-9,15,18H,10H2,1-2H3,(H,19,20). The summed E-state index contributed by atoms with van der Waals surface area (Å²) in [5.74, 6) is -0.215. The lowest BCUT2D eigenvalue weighted by Gasteiger charge is -2.16. The van der Waals surface area contributed by atoms with Gasteiger partial charge in [-0.3, -0.25) is 15.1 Å². The van der Waals surface area contributed by atoms with Crippen LogP contribution >= 0.6 is 0 Å². The Labute approximate surface area is 123 Å². The molecule has 0 radical (unpaired) electrons. The van der Waals surface area contributed by atoms with Crippen molar-refractivity contribution < 1.29 is 14.6 Å². The summed E-state index contributed by atoms with van der Waals surface area (Å²) in [7, 11) is 1.58. The first kappa shape index (κ1) is 15.0. The van der Waals surface area contributed by atoms with Crippen LogP contribution in [0.5, 0.6) is 5.75 Å². The third-order valence-electron chi connectivity index (χ3n) is 3.34. The van der Waals surface area contributed by atoms with Crippen molar-refractivity contribution >= 4 is 5.97 Å². The lowest BCUT2D eigenvalue weighted by Crippen LogP contribution is -2.28. The highest BCUT2D eigenvalue weighted by atomic mass is 16.5. The molecule has 2 rings (SSSR count). The number of carboxylic acids is 1. The third kappa shape index (κ3) is 3.79. The molecule has 1 aromatic heterocycles. The monoisotopic (exact) mass is 286 g/mol. The highest BCUT2D eigenvalue weighted by Gasteiger charge is 2.19. The normalized spacial score (nSPS) is 11.9. The van der Waals surface area contributed by atoms with Crippen molar-refractivity contribution in [2.24, 2.45) is 0 Å². The Bertz CT molecular complexity index is 611. The van der Waals surface area contributed by atoms with E-state index in [1.54, 1.807) is 43.8 Å². The first-order chi connectivity index (χ1) is 10.1. The second kappa shape index (κ2) is 6.85. The number of rotatable bonds is 6. The number of carboxylic acid groups (broad SMARTS) is 1. The molecule has 0 aliphatic rings. The summed E-state index contributed by atoms with van der Waals surface area (Å²) in [5, 5.41) is 12.4. The Kier molecular flexibility index (Phi) is 4.90. The minimum absolute atomic E-state index is 0.447. The van der Waals surface area contributed by atoms with Crippen LogP contribution in [0.25, 0.3) is 0 Å². The van der Waals surface area contributed by atoms with Crippen LogP contribution < -0.4 is 10.1 Å². The van der Waals surface area contributed by atoms with E-state index in [0.29, 0.717) is 17.9 Å². The molecule has 1 atom stereocenters. The maximum Gasteiger partial charge on any atom is 0.325 e. The van der Waals surface area contributed by atoms with Crippen molar-refractivity contribution in [3.8, 4) is 5.75 Å². The minimum atomic E-state index is -0.915. The first-order valence-corrected chi connectivity index (χ1v) is 6.61. The van der Waals surface area contributed by atoms with Gasteiger partial charge >= 0.3 is 5.97 Å². The fourth-order valence-electron chi connectivity index (χ4n) is 2.04. The Hall–Kier alpha value is -2.40. The van der Waals surface area contributed by atoms with Gasteiger partial charge in [0.25, 0.3) is 0 Å². The molecule has 0 amide bonds. The third-order valence-corrected chi connectivity index (χ3v) is 3.34. The average molecular weight is 286 g/mol. The number of hydrogen-bond acceptors (Lipinski definition) is 4. The van der Waals surface area contributed by atoms with Crippen LogP contribution in [-0.4, -0.2) is 23.2 Å². The Morgan fingerprint density at radius 3 is 2.62 bits per heavy atom. The lowest BCUT2D eigenvalue weighted by molar-refractivity contribution is -0.139. The van der Waals surface area contributed by atoms with Crippen molar-refractivity contribution in [1.29, 1.82) is 0 Å². The zero-order valence-corrected chi connectivity index (χ0v) is 12.0.